The second-order valence-corrected chi connectivity index (χ2v) is 6.25. The molecule has 0 aliphatic rings. The molecule has 0 bridgehead atoms. The second-order valence-electron chi connectivity index (χ2n) is 4.07. The van der Waals surface area contributed by atoms with Gasteiger partial charge in [-0.25, -0.2) is 8.42 Å². The molecule has 0 aromatic heterocycles. The quantitative estimate of drug-likeness (QED) is 0.921. The molecule has 1 aromatic carbocycles. The van der Waals surface area contributed by atoms with Crippen molar-refractivity contribution < 1.29 is 31.5 Å². The highest BCUT2D eigenvalue weighted by molar-refractivity contribution is 7.90. The first-order valence-corrected chi connectivity index (χ1v) is 7.15. The molecule has 0 spiro atoms. The third-order valence-electron chi connectivity index (χ3n) is 2.41. The summed E-state index contributed by atoms with van der Waals surface area (Å²) in [4.78, 5) is 11.0. The molecule has 19 heavy (non-hydrogen) atoms. The van der Waals surface area contributed by atoms with Crippen LogP contribution in [0.4, 0.5) is 13.2 Å². The molecule has 0 aliphatic carbocycles. The van der Waals surface area contributed by atoms with Crippen molar-refractivity contribution in [2.24, 2.45) is 0 Å². The van der Waals surface area contributed by atoms with E-state index in [1.54, 1.807) is 0 Å². The lowest BCUT2D eigenvalue weighted by molar-refractivity contribution is -0.141. The number of halogens is 3. The predicted molar refractivity (Wildman–Crippen MR) is 61.5 cm³/mol. The molecule has 0 fully saturated rings. The van der Waals surface area contributed by atoms with Gasteiger partial charge in [-0.2, -0.15) is 13.2 Å². The first-order valence-electron chi connectivity index (χ1n) is 5.09. The Hall–Kier alpha value is -1.57. The van der Waals surface area contributed by atoms with Crippen molar-refractivity contribution in [3.8, 4) is 0 Å². The van der Waals surface area contributed by atoms with E-state index in [1.807, 2.05) is 0 Å². The Morgan fingerprint density at radius 3 is 2.26 bits per heavy atom. The molecule has 1 rings (SSSR count). The third-order valence-corrected chi connectivity index (χ3v) is 3.35. The number of aliphatic carboxylic acids is 1. The van der Waals surface area contributed by atoms with Crippen molar-refractivity contribution in [1.29, 1.82) is 0 Å². The van der Waals surface area contributed by atoms with Gasteiger partial charge >= 0.3 is 12.1 Å². The Morgan fingerprint density at radius 1 is 1.32 bits per heavy atom. The van der Waals surface area contributed by atoms with Crippen molar-refractivity contribution in [3.63, 3.8) is 0 Å². The van der Waals surface area contributed by atoms with Gasteiger partial charge in [0, 0.05) is 6.26 Å². The number of alkyl halides is 3. The van der Waals surface area contributed by atoms with Gasteiger partial charge in [0.05, 0.1) is 17.2 Å². The molecule has 0 saturated carbocycles. The number of benzene rings is 1. The smallest absolute Gasteiger partial charge is 0.416 e. The summed E-state index contributed by atoms with van der Waals surface area (Å²) in [5.74, 6) is -4.23. The Bertz CT molecular complexity index is 578. The zero-order chi connectivity index (χ0) is 14.8. The van der Waals surface area contributed by atoms with Gasteiger partial charge in [0.2, 0.25) is 0 Å². The van der Waals surface area contributed by atoms with Gasteiger partial charge in [0.15, 0.2) is 0 Å². The monoisotopic (exact) mass is 296 g/mol. The SMILES string of the molecule is CS(=O)(=O)CC(C(=O)O)c1ccccc1C(F)(F)F. The van der Waals surface area contributed by atoms with Crippen LogP contribution in [0, 0.1) is 0 Å². The molecule has 0 saturated heterocycles. The van der Waals surface area contributed by atoms with E-state index in [0.717, 1.165) is 24.5 Å². The van der Waals surface area contributed by atoms with Crippen LogP contribution in [0.1, 0.15) is 17.0 Å². The summed E-state index contributed by atoms with van der Waals surface area (Å²) in [7, 11) is -3.73. The third kappa shape index (κ3) is 4.23. The average molecular weight is 296 g/mol. The lowest BCUT2D eigenvalue weighted by atomic mass is 9.95. The van der Waals surface area contributed by atoms with E-state index >= 15 is 0 Å². The zero-order valence-electron chi connectivity index (χ0n) is 9.81. The van der Waals surface area contributed by atoms with Gasteiger partial charge in [-0.3, -0.25) is 4.79 Å². The molecule has 1 aromatic rings. The minimum atomic E-state index is -4.73. The molecule has 8 heteroatoms. The summed E-state index contributed by atoms with van der Waals surface area (Å²) < 4.78 is 60.6. The predicted octanol–water partition coefficient (Wildman–Crippen LogP) is 1.92. The van der Waals surface area contributed by atoms with Crippen molar-refractivity contribution in [3.05, 3.63) is 35.4 Å². The Labute approximate surface area is 107 Å². The first-order chi connectivity index (χ1) is 8.52. The van der Waals surface area contributed by atoms with E-state index in [2.05, 4.69) is 0 Å². The highest BCUT2D eigenvalue weighted by atomic mass is 32.2. The summed E-state index contributed by atoms with van der Waals surface area (Å²) in [6.45, 7) is 0. The van der Waals surface area contributed by atoms with Crippen LogP contribution in [0.15, 0.2) is 24.3 Å². The minimum Gasteiger partial charge on any atom is -0.481 e. The van der Waals surface area contributed by atoms with Crippen LogP contribution >= 0.6 is 0 Å². The van der Waals surface area contributed by atoms with Gasteiger partial charge in [-0.15, -0.1) is 0 Å². The van der Waals surface area contributed by atoms with Gasteiger partial charge in [-0.1, -0.05) is 18.2 Å². The highest BCUT2D eigenvalue weighted by Crippen LogP contribution is 2.35. The molecule has 0 heterocycles. The largest absolute Gasteiger partial charge is 0.481 e. The molecule has 1 N–H and O–H groups in total. The van der Waals surface area contributed by atoms with E-state index in [0.29, 0.717) is 0 Å². The Balaban J connectivity index is 3.36. The maximum absolute atomic E-state index is 12.8. The number of sulfone groups is 1. The van der Waals surface area contributed by atoms with E-state index < -0.39 is 44.8 Å². The van der Waals surface area contributed by atoms with Crippen LogP contribution in [0.3, 0.4) is 0 Å². The summed E-state index contributed by atoms with van der Waals surface area (Å²) >= 11 is 0. The van der Waals surface area contributed by atoms with Crippen molar-refractivity contribution >= 4 is 15.8 Å². The fourth-order valence-electron chi connectivity index (χ4n) is 1.66. The van der Waals surface area contributed by atoms with E-state index in [4.69, 9.17) is 5.11 Å². The van der Waals surface area contributed by atoms with E-state index in [-0.39, 0.29) is 0 Å². The number of carbonyl (C=O) groups is 1. The molecule has 1 atom stereocenters. The molecule has 4 nitrogen and oxygen atoms in total. The van der Waals surface area contributed by atoms with Crippen LogP contribution in [0.5, 0.6) is 0 Å². The molecular formula is C11H11F3O4S. The molecule has 1 unspecified atom stereocenters. The topological polar surface area (TPSA) is 71.4 Å². The molecule has 106 valence electrons. The molecular weight excluding hydrogens is 285 g/mol. The highest BCUT2D eigenvalue weighted by Gasteiger charge is 2.37. The maximum atomic E-state index is 12.8. The number of carboxylic acids is 1. The lowest BCUT2D eigenvalue weighted by Gasteiger charge is -2.17. The standard InChI is InChI=1S/C11H11F3O4S/c1-19(17,18)6-8(10(15)16)7-4-2-3-5-9(7)11(12,13)14/h2-5,8H,6H2,1H3,(H,15,16). The molecule has 0 amide bonds. The van der Waals surface area contributed by atoms with Gasteiger partial charge < -0.3 is 5.11 Å². The van der Waals surface area contributed by atoms with Crippen LogP contribution in [-0.2, 0) is 20.8 Å². The second kappa shape index (κ2) is 5.20. The van der Waals surface area contributed by atoms with Gasteiger partial charge in [0.25, 0.3) is 0 Å². The summed E-state index contributed by atoms with van der Waals surface area (Å²) in [6.07, 6.45) is -3.96. The number of carboxylic acid groups (broad SMARTS) is 1. The van der Waals surface area contributed by atoms with Gasteiger partial charge in [0.1, 0.15) is 9.84 Å². The minimum absolute atomic E-state index is 0.548. The number of hydrogen-bond donors (Lipinski definition) is 1. The number of rotatable bonds is 4. The Morgan fingerprint density at radius 2 is 1.84 bits per heavy atom. The van der Waals surface area contributed by atoms with Crippen LogP contribution in [0.2, 0.25) is 0 Å². The fourth-order valence-corrected chi connectivity index (χ4v) is 2.58. The lowest BCUT2D eigenvalue weighted by Crippen LogP contribution is -2.24. The Kier molecular flexibility index (Phi) is 4.24. The van der Waals surface area contributed by atoms with Crippen LogP contribution < -0.4 is 0 Å². The van der Waals surface area contributed by atoms with E-state index in [1.165, 1.54) is 6.07 Å². The molecule has 0 aliphatic heterocycles. The average Bonchev–Trinajstić information content (AvgIpc) is 2.23. The maximum Gasteiger partial charge on any atom is 0.416 e. The molecule has 0 radical (unpaired) electrons. The normalized spacial score (nSPS) is 14.1. The first kappa shape index (κ1) is 15.5. The summed E-state index contributed by atoms with van der Waals surface area (Å²) in [6, 6.07) is 4.06. The van der Waals surface area contributed by atoms with Crippen molar-refractivity contribution in [2.75, 3.05) is 12.0 Å². The number of hydrogen-bond acceptors (Lipinski definition) is 3. The van der Waals surface area contributed by atoms with Gasteiger partial charge in [-0.05, 0) is 11.6 Å². The summed E-state index contributed by atoms with van der Waals surface area (Å²) in [5.41, 5.74) is -1.68. The summed E-state index contributed by atoms with van der Waals surface area (Å²) in [5, 5.41) is 8.95. The van der Waals surface area contributed by atoms with Crippen LogP contribution in [-0.4, -0.2) is 31.5 Å². The zero-order valence-corrected chi connectivity index (χ0v) is 10.6. The van der Waals surface area contributed by atoms with Crippen molar-refractivity contribution in [1.82, 2.24) is 0 Å². The van der Waals surface area contributed by atoms with E-state index in [9.17, 15) is 26.4 Å². The van der Waals surface area contributed by atoms with Crippen LogP contribution in [0.25, 0.3) is 0 Å². The fraction of sp³-hybridized carbons (Fsp3) is 0.364. The van der Waals surface area contributed by atoms with Crippen molar-refractivity contribution in [2.45, 2.75) is 12.1 Å².